The average molecular weight is 323 g/mol. The Kier molecular flexibility index (Phi) is 5.64. The van der Waals surface area contributed by atoms with Crippen molar-refractivity contribution >= 4 is 12.1 Å². The van der Waals surface area contributed by atoms with E-state index in [-0.39, 0.29) is 0 Å². The van der Waals surface area contributed by atoms with Crippen LogP contribution in [0.1, 0.15) is 46.2 Å². The first-order chi connectivity index (χ1) is 10.5. The number of aliphatic carboxylic acids is 1. The van der Waals surface area contributed by atoms with Crippen LogP contribution in [-0.4, -0.2) is 29.9 Å². The molecule has 0 aliphatic heterocycles. The van der Waals surface area contributed by atoms with Crippen LogP contribution in [0.25, 0.3) is 0 Å². The summed E-state index contributed by atoms with van der Waals surface area (Å²) >= 11 is 0. The number of hydrogen-bond acceptors (Lipinski definition) is 4. The van der Waals surface area contributed by atoms with Crippen molar-refractivity contribution < 1.29 is 24.2 Å². The largest absolute Gasteiger partial charge is 0.497 e. The fraction of sp³-hybridized carbons (Fsp3) is 0.529. The lowest BCUT2D eigenvalue weighted by atomic mass is 9.80. The predicted molar refractivity (Wildman–Crippen MR) is 86.5 cm³/mol. The van der Waals surface area contributed by atoms with Gasteiger partial charge in [-0.3, -0.25) is 4.79 Å². The predicted octanol–water partition coefficient (Wildman–Crippen LogP) is 3.37. The Hall–Kier alpha value is -2.24. The zero-order chi connectivity index (χ0) is 17.8. The highest BCUT2D eigenvalue weighted by Crippen LogP contribution is 2.34. The first kappa shape index (κ1) is 18.8. The second-order valence-electron chi connectivity index (χ2n) is 6.88. The van der Waals surface area contributed by atoms with Crippen LogP contribution >= 0.6 is 0 Å². The van der Waals surface area contributed by atoms with Gasteiger partial charge in [0, 0.05) is 0 Å². The molecule has 2 N–H and O–H groups in total. The Morgan fingerprint density at radius 1 is 1.09 bits per heavy atom. The van der Waals surface area contributed by atoms with E-state index < -0.39 is 29.1 Å². The molecule has 0 heterocycles. The van der Waals surface area contributed by atoms with Crippen molar-refractivity contribution in [2.75, 3.05) is 7.11 Å². The Labute approximate surface area is 136 Å². The van der Waals surface area contributed by atoms with Gasteiger partial charge in [-0.05, 0) is 52.3 Å². The minimum Gasteiger partial charge on any atom is -0.497 e. The molecule has 0 unspecified atom stereocenters. The van der Waals surface area contributed by atoms with E-state index in [1.54, 1.807) is 66.0 Å². The Bertz CT molecular complexity index is 557. The van der Waals surface area contributed by atoms with E-state index in [1.807, 2.05) is 0 Å². The summed E-state index contributed by atoms with van der Waals surface area (Å²) in [6, 6.07) is 6.14. The third kappa shape index (κ3) is 5.16. The van der Waals surface area contributed by atoms with Gasteiger partial charge >= 0.3 is 12.1 Å². The lowest BCUT2D eigenvalue weighted by Crippen LogP contribution is -2.44. The van der Waals surface area contributed by atoms with Crippen LogP contribution in [0.4, 0.5) is 4.79 Å². The highest BCUT2D eigenvalue weighted by Gasteiger charge is 2.39. The maximum Gasteiger partial charge on any atom is 0.408 e. The molecule has 6 heteroatoms. The van der Waals surface area contributed by atoms with E-state index in [2.05, 4.69) is 5.32 Å². The van der Waals surface area contributed by atoms with Gasteiger partial charge in [0.1, 0.15) is 11.4 Å². The summed E-state index contributed by atoms with van der Waals surface area (Å²) in [4.78, 5) is 23.7. The maximum atomic E-state index is 12.1. The number of amides is 1. The standard InChI is InChI=1S/C17H25NO5/c1-16(2,3)23-15(21)18-13(17(4,5)14(19)20)11-7-9-12(22-6)10-8-11/h7-10,13H,1-6H3,(H,18,21)(H,19,20)/t13-/m1/s1. The molecule has 6 nitrogen and oxygen atoms in total. The molecule has 0 spiro atoms. The van der Waals surface area contributed by atoms with Crippen LogP contribution in [0, 0.1) is 5.41 Å². The van der Waals surface area contributed by atoms with E-state index in [9.17, 15) is 14.7 Å². The van der Waals surface area contributed by atoms with Crippen molar-refractivity contribution in [2.24, 2.45) is 5.41 Å². The smallest absolute Gasteiger partial charge is 0.408 e. The number of alkyl carbamates (subject to hydrolysis) is 1. The zero-order valence-electron chi connectivity index (χ0n) is 14.5. The van der Waals surface area contributed by atoms with Gasteiger partial charge in [0.15, 0.2) is 0 Å². The van der Waals surface area contributed by atoms with Crippen LogP contribution in [-0.2, 0) is 9.53 Å². The van der Waals surface area contributed by atoms with Gasteiger partial charge in [-0.15, -0.1) is 0 Å². The normalized spacial score (nSPS) is 13.1. The number of carboxylic acid groups (broad SMARTS) is 1. The highest BCUT2D eigenvalue weighted by molar-refractivity contribution is 5.77. The number of methoxy groups -OCH3 is 1. The fourth-order valence-corrected chi connectivity index (χ4v) is 2.03. The molecule has 0 radical (unpaired) electrons. The van der Waals surface area contributed by atoms with Crippen molar-refractivity contribution in [1.29, 1.82) is 0 Å². The Balaban J connectivity index is 3.11. The third-order valence-corrected chi connectivity index (χ3v) is 3.38. The third-order valence-electron chi connectivity index (χ3n) is 3.38. The molecular formula is C17H25NO5. The molecule has 23 heavy (non-hydrogen) atoms. The summed E-state index contributed by atoms with van der Waals surface area (Å²) < 4.78 is 10.3. The summed E-state index contributed by atoms with van der Waals surface area (Å²) in [5, 5.41) is 12.2. The number of carbonyl (C=O) groups is 2. The molecule has 0 saturated heterocycles. The molecule has 1 aromatic carbocycles. The molecule has 0 saturated carbocycles. The number of carboxylic acids is 1. The summed E-state index contributed by atoms with van der Waals surface area (Å²) in [5.41, 5.74) is -1.23. The molecule has 1 rings (SSSR count). The van der Waals surface area contributed by atoms with Gasteiger partial charge in [-0.25, -0.2) is 4.79 Å². The van der Waals surface area contributed by atoms with E-state index in [1.165, 1.54) is 0 Å². The monoisotopic (exact) mass is 323 g/mol. The second kappa shape index (κ2) is 6.89. The number of nitrogens with one attached hydrogen (secondary N) is 1. The van der Waals surface area contributed by atoms with Gasteiger partial charge in [0.2, 0.25) is 0 Å². The van der Waals surface area contributed by atoms with Gasteiger partial charge in [-0.2, -0.15) is 0 Å². The van der Waals surface area contributed by atoms with E-state index in [0.29, 0.717) is 11.3 Å². The molecule has 0 aliphatic rings. The number of rotatable bonds is 5. The molecule has 0 bridgehead atoms. The van der Waals surface area contributed by atoms with E-state index in [4.69, 9.17) is 9.47 Å². The maximum absolute atomic E-state index is 12.1. The van der Waals surface area contributed by atoms with Crippen molar-refractivity contribution in [3.63, 3.8) is 0 Å². The lowest BCUT2D eigenvalue weighted by Gasteiger charge is -2.32. The van der Waals surface area contributed by atoms with Gasteiger partial charge in [-0.1, -0.05) is 12.1 Å². The quantitative estimate of drug-likeness (QED) is 0.868. The number of hydrogen-bond donors (Lipinski definition) is 2. The van der Waals surface area contributed by atoms with Crippen molar-refractivity contribution in [2.45, 2.75) is 46.3 Å². The average Bonchev–Trinajstić information content (AvgIpc) is 2.42. The van der Waals surface area contributed by atoms with Gasteiger partial charge in [0.05, 0.1) is 18.6 Å². The first-order valence-electron chi connectivity index (χ1n) is 7.34. The van der Waals surface area contributed by atoms with Crippen LogP contribution in [0.3, 0.4) is 0 Å². The minimum atomic E-state index is -1.22. The van der Waals surface area contributed by atoms with Crippen molar-refractivity contribution in [3.05, 3.63) is 29.8 Å². The van der Waals surface area contributed by atoms with Crippen LogP contribution in [0.5, 0.6) is 5.75 Å². The van der Waals surface area contributed by atoms with Gasteiger partial charge < -0.3 is 19.9 Å². The zero-order valence-corrected chi connectivity index (χ0v) is 14.5. The van der Waals surface area contributed by atoms with E-state index in [0.717, 1.165) is 0 Å². The van der Waals surface area contributed by atoms with Crippen molar-refractivity contribution in [1.82, 2.24) is 5.32 Å². The topological polar surface area (TPSA) is 84.9 Å². The molecule has 128 valence electrons. The first-order valence-corrected chi connectivity index (χ1v) is 7.34. The number of carbonyl (C=O) groups excluding carboxylic acids is 1. The Morgan fingerprint density at radius 3 is 2.00 bits per heavy atom. The molecule has 0 fully saturated rings. The van der Waals surface area contributed by atoms with Crippen LogP contribution in [0.2, 0.25) is 0 Å². The summed E-state index contributed by atoms with van der Waals surface area (Å²) in [5.74, 6) is -0.368. The molecule has 1 atom stereocenters. The van der Waals surface area contributed by atoms with Crippen LogP contribution in [0.15, 0.2) is 24.3 Å². The molecule has 0 aliphatic carbocycles. The van der Waals surface area contributed by atoms with E-state index >= 15 is 0 Å². The minimum absolute atomic E-state index is 0.651. The second-order valence-corrected chi connectivity index (χ2v) is 6.88. The summed E-state index contributed by atoms with van der Waals surface area (Å²) in [6.45, 7) is 8.36. The molecule has 1 aromatic rings. The summed E-state index contributed by atoms with van der Waals surface area (Å²) in [6.07, 6.45) is -0.660. The number of benzene rings is 1. The number of ether oxygens (including phenoxy) is 2. The Morgan fingerprint density at radius 2 is 1.61 bits per heavy atom. The molecular weight excluding hydrogens is 298 g/mol. The SMILES string of the molecule is COc1ccc([C@@H](NC(=O)OC(C)(C)C)C(C)(C)C(=O)O)cc1. The summed E-state index contributed by atoms with van der Waals surface area (Å²) in [7, 11) is 1.55. The molecule has 0 aromatic heterocycles. The van der Waals surface area contributed by atoms with Gasteiger partial charge in [0.25, 0.3) is 0 Å². The lowest BCUT2D eigenvalue weighted by molar-refractivity contribution is -0.148. The van der Waals surface area contributed by atoms with Crippen molar-refractivity contribution in [3.8, 4) is 5.75 Å². The van der Waals surface area contributed by atoms with Crippen LogP contribution < -0.4 is 10.1 Å². The fourth-order valence-electron chi connectivity index (χ4n) is 2.03. The molecule has 1 amide bonds. The highest BCUT2D eigenvalue weighted by atomic mass is 16.6.